The Morgan fingerprint density at radius 3 is 2.74 bits per heavy atom. The zero-order valence-corrected chi connectivity index (χ0v) is 14.1. The third-order valence-corrected chi connectivity index (χ3v) is 4.38. The number of amides is 1. The van der Waals surface area contributed by atoms with Crippen molar-refractivity contribution in [2.45, 2.75) is 38.3 Å². The normalized spacial score (nSPS) is 18.4. The van der Waals surface area contributed by atoms with Crippen LogP contribution in [0.2, 0.25) is 5.02 Å². The number of hydrogen-bond donors (Lipinski definition) is 1. The van der Waals surface area contributed by atoms with E-state index in [1.54, 1.807) is 12.1 Å². The van der Waals surface area contributed by atoms with Gasteiger partial charge < -0.3 is 10.1 Å². The predicted molar refractivity (Wildman–Crippen MR) is 89.1 cm³/mol. The van der Waals surface area contributed by atoms with Crippen LogP contribution in [0.25, 0.3) is 0 Å². The average molecular weight is 339 g/mol. The summed E-state index contributed by atoms with van der Waals surface area (Å²) in [6.07, 6.45) is 3.42. The maximum atomic E-state index is 12.2. The number of rotatable bonds is 6. The number of benzene rings is 1. The van der Waals surface area contributed by atoms with Gasteiger partial charge in [0.2, 0.25) is 5.91 Å². The van der Waals surface area contributed by atoms with Gasteiger partial charge in [-0.25, -0.2) is 0 Å². The van der Waals surface area contributed by atoms with Crippen LogP contribution < -0.4 is 5.32 Å². The SMILES string of the molecule is COC(=O)C[C@H]1CCCCN1CC(=O)NCc1ccc(Cl)cc1. The highest BCUT2D eigenvalue weighted by Crippen LogP contribution is 2.19. The molecular weight excluding hydrogens is 316 g/mol. The van der Waals surface area contributed by atoms with Crippen molar-refractivity contribution in [3.8, 4) is 0 Å². The molecule has 5 nitrogen and oxygen atoms in total. The Kier molecular flexibility index (Phi) is 6.86. The summed E-state index contributed by atoms with van der Waals surface area (Å²) in [6, 6.07) is 7.49. The quantitative estimate of drug-likeness (QED) is 0.809. The highest BCUT2D eigenvalue weighted by atomic mass is 35.5. The van der Waals surface area contributed by atoms with Crippen molar-refractivity contribution in [2.75, 3.05) is 20.2 Å². The summed E-state index contributed by atoms with van der Waals surface area (Å²) < 4.78 is 4.74. The van der Waals surface area contributed by atoms with Crippen LogP contribution in [0.15, 0.2) is 24.3 Å². The topological polar surface area (TPSA) is 58.6 Å². The zero-order chi connectivity index (χ0) is 16.7. The fourth-order valence-electron chi connectivity index (χ4n) is 2.82. The molecule has 1 N–H and O–H groups in total. The van der Waals surface area contributed by atoms with Crippen LogP contribution in [0.5, 0.6) is 0 Å². The molecule has 2 rings (SSSR count). The van der Waals surface area contributed by atoms with Gasteiger partial charge in [0.1, 0.15) is 0 Å². The highest BCUT2D eigenvalue weighted by molar-refractivity contribution is 6.30. The standard InChI is InChI=1S/C17H23ClN2O3/c1-23-17(22)10-15-4-2-3-9-20(15)12-16(21)19-11-13-5-7-14(18)8-6-13/h5-8,15H,2-4,9-12H2,1H3,(H,19,21)/t15-/m1/s1. The number of ether oxygens (including phenoxy) is 1. The van der Waals surface area contributed by atoms with Crippen molar-refractivity contribution in [3.63, 3.8) is 0 Å². The molecule has 0 spiro atoms. The van der Waals surface area contributed by atoms with E-state index in [1.165, 1.54) is 7.11 Å². The molecule has 23 heavy (non-hydrogen) atoms. The molecule has 1 heterocycles. The Hall–Kier alpha value is -1.59. The number of nitrogens with one attached hydrogen (secondary N) is 1. The first kappa shape index (κ1) is 17.8. The molecule has 1 fully saturated rings. The average Bonchev–Trinajstić information content (AvgIpc) is 2.56. The summed E-state index contributed by atoms with van der Waals surface area (Å²) in [5.74, 6) is -0.250. The molecule has 0 saturated carbocycles. The van der Waals surface area contributed by atoms with Crippen molar-refractivity contribution >= 4 is 23.5 Å². The number of hydrogen-bond acceptors (Lipinski definition) is 4. The molecule has 1 saturated heterocycles. The monoisotopic (exact) mass is 338 g/mol. The molecule has 1 aliphatic heterocycles. The summed E-state index contributed by atoms with van der Waals surface area (Å²) >= 11 is 5.84. The van der Waals surface area contributed by atoms with Gasteiger partial charge in [0.05, 0.1) is 20.1 Å². The van der Waals surface area contributed by atoms with E-state index in [9.17, 15) is 9.59 Å². The molecule has 6 heteroatoms. The Morgan fingerprint density at radius 1 is 1.30 bits per heavy atom. The first-order chi connectivity index (χ1) is 11.1. The van der Waals surface area contributed by atoms with Gasteiger partial charge in [0.25, 0.3) is 0 Å². The lowest BCUT2D eigenvalue weighted by atomic mass is 9.99. The van der Waals surface area contributed by atoms with E-state index < -0.39 is 0 Å². The summed E-state index contributed by atoms with van der Waals surface area (Å²) in [4.78, 5) is 25.7. The predicted octanol–water partition coefficient (Wildman–Crippen LogP) is 2.37. The lowest BCUT2D eigenvalue weighted by molar-refractivity contribution is -0.143. The van der Waals surface area contributed by atoms with Gasteiger partial charge >= 0.3 is 5.97 Å². The number of likely N-dealkylation sites (tertiary alicyclic amines) is 1. The second-order valence-electron chi connectivity index (χ2n) is 5.80. The first-order valence-corrected chi connectivity index (χ1v) is 8.28. The van der Waals surface area contributed by atoms with E-state index in [2.05, 4.69) is 10.2 Å². The molecule has 126 valence electrons. The van der Waals surface area contributed by atoms with Crippen molar-refractivity contribution in [1.29, 1.82) is 0 Å². The van der Waals surface area contributed by atoms with Gasteiger partial charge in [-0.2, -0.15) is 0 Å². The van der Waals surface area contributed by atoms with Gasteiger partial charge in [-0.1, -0.05) is 30.2 Å². The maximum Gasteiger partial charge on any atom is 0.307 e. The van der Waals surface area contributed by atoms with Crippen LogP contribution in [-0.2, 0) is 20.9 Å². The van der Waals surface area contributed by atoms with Crippen molar-refractivity contribution < 1.29 is 14.3 Å². The highest BCUT2D eigenvalue weighted by Gasteiger charge is 2.26. The number of piperidine rings is 1. The van der Waals surface area contributed by atoms with Crippen LogP contribution in [0.3, 0.4) is 0 Å². The number of methoxy groups -OCH3 is 1. The fraction of sp³-hybridized carbons (Fsp3) is 0.529. The zero-order valence-electron chi connectivity index (χ0n) is 13.4. The van der Waals surface area contributed by atoms with Gasteiger partial charge in [-0.15, -0.1) is 0 Å². The Balaban J connectivity index is 1.82. The van der Waals surface area contributed by atoms with Crippen molar-refractivity contribution in [2.24, 2.45) is 0 Å². The summed E-state index contributed by atoms with van der Waals surface area (Å²) in [7, 11) is 1.40. The molecule has 1 aromatic carbocycles. The molecule has 0 unspecified atom stereocenters. The number of carbonyl (C=O) groups excluding carboxylic acids is 2. The minimum absolute atomic E-state index is 0.0308. The molecule has 1 amide bonds. The van der Waals surface area contributed by atoms with Crippen LogP contribution in [0.4, 0.5) is 0 Å². The number of esters is 1. The lowest BCUT2D eigenvalue weighted by Crippen LogP contribution is -2.46. The molecular formula is C17H23ClN2O3. The Morgan fingerprint density at radius 2 is 2.04 bits per heavy atom. The van der Waals surface area contributed by atoms with Crippen LogP contribution in [0.1, 0.15) is 31.2 Å². The molecule has 1 atom stereocenters. The molecule has 1 aliphatic rings. The van der Waals surface area contributed by atoms with E-state index in [1.807, 2.05) is 12.1 Å². The summed E-state index contributed by atoms with van der Waals surface area (Å²) in [5.41, 5.74) is 1.01. The van der Waals surface area contributed by atoms with Gasteiger partial charge in [0.15, 0.2) is 0 Å². The molecule has 0 bridgehead atoms. The van der Waals surface area contributed by atoms with Gasteiger partial charge in [0, 0.05) is 17.6 Å². The minimum Gasteiger partial charge on any atom is -0.469 e. The first-order valence-electron chi connectivity index (χ1n) is 7.90. The van der Waals surface area contributed by atoms with E-state index in [0.29, 0.717) is 24.5 Å². The van der Waals surface area contributed by atoms with Crippen molar-refractivity contribution in [3.05, 3.63) is 34.9 Å². The minimum atomic E-state index is -0.219. The lowest BCUT2D eigenvalue weighted by Gasteiger charge is -2.34. The summed E-state index contributed by atoms with van der Waals surface area (Å²) in [6.45, 7) is 1.64. The van der Waals surface area contributed by atoms with E-state index in [4.69, 9.17) is 16.3 Å². The smallest absolute Gasteiger partial charge is 0.307 e. The molecule has 0 radical (unpaired) electrons. The van der Waals surface area contributed by atoms with Crippen LogP contribution in [0, 0.1) is 0 Å². The van der Waals surface area contributed by atoms with E-state index in [-0.39, 0.29) is 17.9 Å². The number of halogens is 1. The second kappa shape index (κ2) is 8.89. The third kappa shape index (κ3) is 5.84. The van der Waals surface area contributed by atoms with Gasteiger partial charge in [-0.05, 0) is 37.1 Å². The van der Waals surface area contributed by atoms with Crippen molar-refractivity contribution in [1.82, 2.24) is 10.2 Å². The third-order valence-electron chi connectivity index (χ3n) is 4.13. The summed E-state index contributed by atoms with van der Waals surface area (Å²) in [5, 5.41) is 3.59. The van der Waals surface area contributed by atoms with E-state index >= 15 is 0 Å². The Bertz CT molecular complexity index is 533. The maximum absolute atomic E-state index is 12.2. The molecule has 0 aliphatic carbocycles. The fourth-order valence-corrected chi connectivity index (χ4v) is 2.94. The Labute approximate surface area is 141 Å². The number of nitrogens with zero attached hydrogens (tertiary/aromatic N) is 1. The molecule has 1 aromatic rings. The largest absolute Gasteiger partial charge is 0.469 e. The second-order valence-corrected chi connectivity index (χ2v) is 6.24. The van der Waals surface area contributed by atoms with Crippen LogP contribution in [-0.4, -0.2) is 43.0 Å². The number of carbonyl (C=O) groups is 2. The van der Waals surface area contributed by atoms with Gasteiger partial charge in [-0.3, -0.25) is 14.5 Å². The van der Waals surface area contributed by atoms with E-state index in [0.717, 1.165) is 31.4 Å². The molecule has 0 aromatic heterocycles. The van der Waals surface area contributed by atoms with Crippen LogP contribution >= 0.6 is 11.6 Å².